The van der Waals surface area contributed by atoms with Crippen molar-refractivity contribution < 1.29 is 4.79 Å². The van der Waals surface area contributed by atoms with Crippen molar-refractivity contribution in [3.63, 3.8) is 0 Å². The number of aromatic nitrogens is 1. The van der Waals surface area contributed by atoms with Crippen LogP contribution in [0.3, 0.4) is 0 Å². The van der Waals surface area contributed by atoms with Gasteiger partial charge in [-0.15, -0.1) is 0 Å². The summed E-state index contributed by atoms with van der Waals surface area (Å²) in [6.07, 6.45) is 2.66. The van der Waals surface area contributed by atoms with Gasteiger partial charge in [0.2, 0.25) is 5.91 Å². The predicted octanol–water partition coefficient (Wildman–Crippen LogP) is 2.39. The molecule has 0 radical (unpaired) electrons. The molecule has 2 fully saturated rings. The number of carbonyl (C=O) groups is 1. The molecule has 0 bridgehead atoms. The van der Waals surface area contributed by atoms with Crippen molar-refractivity contribution in [3.05, 3.63) is 58.8 Å². The second-order valence-electron chi connectivity index (χ2n) is 8.72. The van der Waals surface area contributed by atoms with E-state index in [0.717, 1.165) is 50.3 Å². The number of hydrogen-bond acceptors (Lipinski definition) is 4. The van der Waals surface area contributed by atoms with Crippen LogP contribution in [-0.2, 0) is 11.3 Å². The molecule has 2 saturated heterocycles. The Hall–Kier alpha value is -2.70. The first-order chi connectivity index (χ1) is 15.2. The number of rotatable bonds is 5. The summed E-state index contributed by atoms with van der Waals surface area (Å²) in [4.78, 5) is 33.1. The molecule has 6 heteroatoms. The number of nitrogens with zero attached hydrogens (tertiary/aromatic N) is 4. The van der Waals surface area contributed by atoms with Crippen molar-refractivity contribution in [2.75, 3.05) is 52.4 Å². The first-order valence-corrected chi connectivity index (χ1v) is 11.4. The van der Waals surface area contributed by atoms with Crippen LogP contribution in [0.25, 0.3) is 21.8 Å². The standard InChI is InChI=1S/C25H30N4O2/c30-24(28-17-15-27(16-18-28)14-13-26-11-5-6-12-26)19-29-22-9-3-1-7-20(22)25(31)21-8-2-4-10-23(21)29/h1-4,7-10H,5-6,11-19H2. The average Bonchev–Trinajstić information content (AvgIpc) is 3.34. The summed E-state index contributed by atoms with van der Waals surface area (Å²) < 4.78 is 2.01. The lowest BCUT2D eigenvalue weighted by Gasteiger charge is -2.35. The summed E-state index contributed by atoms with van der Waals surface area (Å²) in [5.74, 6) is 0.123. The normalized spacial score (nSPS) is 18.3. The lowest BCUT2D eigenvalue weighted by molar-refractivity contribution is -0.133. The van der Waals surface area contributed by atoms with Gasteiger partial charge in [0.1, 0.15) is 6.54 Å². The van der Waals surface area contributed by atoms with E-state index in [1.807, 2.05) is 58.0 Å². The van der Waals surface area contributed by atoms with Gasteiger partial charge in [0.25, 0.3) is 0 Å². The number of hydrogen-bond donors (Lipinski definition) is 0. The number of fused-ring (bicyclic) bond motifs is 2. The van der Waals surface area contributed by atoms with Crippen LogP contribution in [-0.4, -0.2) is 77.5 Å². The highest BCUT2D eigenvalue weighted by Gasteiger charge is 2.23. The fourth-order valence-corrected chi connectivity index (χ4v) is 4.99. The van der Waals surface area contributed by atoms with Crippen molar-refractivity contribution in [1.29, 1.82) is 0 Å². The Morgan fingerprint density at radius 3 is 1.81 bits per heavy atom. The lowest BCUT2D eigenvalue weighted by Crippen LogP contribution is -2.50. The second kappa shape index (κ2) is 8.81. The summed E-state index contributed by atoms with van der Waals surface area (Å²) in [6, 6.07) is 15.2. The predicted molar refractivity (Wildman–Crippen MR) is 124 cm³/mol. The zero-order chi connectivity index (χ0) is 21.2. The molecule has 0 atom stereocenters. The topological polar surface area (TPSA) is 48.8 Å². The first kappa shape index (κ1) is 20.2. The van der Waals surface area contributed by atoms with Crippen LogP contribution in [0.2, 0.25) is 0 Å². The maximum Gasteiger partial charge on any atom is 0.242 e. The molecule has 6 nitrogen and oxygen atoms in total. The highest BCUT2D eigenvalue weighted by molar-refractivity contribution is 5.94. The molecule has 0 N–H and O–H groups in total. The van der Waals surface area contributed by atoms with E-state index in [0.29, 0.717) is 10.8 Å². The minimum absolute atomic E-state index is 0.0292. The molecule has 2 aliphatic heterocycles. The zero-order valence-electron chi connectivity index (χ0n) is 18.0. The molecule has 0 saturated carbocycles. The van der Waals surface area contributed by atoms with Gasteiger partial charge in [0.05, 0.1) is 11.0 Å². The highest BCUT2D eigenvalue weighted by Crippen LogP contribution is 2.19. The van der Waals surface area contributed by atoms with Gasteiger partial charge in [0.15, 0.2) is 5.43 Å². The van der Waals surface area contributed by atoms with Crippen LogP contribution in [0.1, 0.15) is 12.8 Å². The maximum absolute atomic E-state index is 13.2. The lowest BCUT2D eigenvalue weighted by atomic mass is 10.1. The minimum atomic E-state index is 0.0292. The van der Waals surface area contributed by atoms with Crippen molar-refractivity contribution in [2.45, 2.75) is 19.4 Å². The number of para-hydroxylation sites is 2. The van der Waals surface area contributed by atoms with Crippen LogP contribution >= 0.6 is 0 Å². The third-order valence-corrected chi connectivity index (χ3v) is 6.83. The molecule has 5 rings (SSSR count). The largest absolute Gasteiger partial charge is 0.339 e. The molecule has 0 spiro atoms. The van der Waals surface area contributed by atoms with E-state index in [2.05, 4.69) is 9.80 Å². The highest BCUT2D eigenvalue weighted by atomic mass is 16.2. The van der Waals surface area contributed by atoms with Crippen LogP contribution in [0.4, 0.5) is 0 Å². The molecule has 1 aromatic heterocycles. The number of piperazine rings is 1. The maximum atomic E-state index is 13.2. The molecule has 31 heavy (non-hydrogen) atoms. The SMILES string of the molecule is O=C(Cn1c2ccccc2c(=O)c2ccccc21)N1CCN(CCN2CCCC2)CC1. The van der Waals surface area contributed by atoms with Crippen molar-refractivity contribution in [1.82, 2.24) is 19.3 Å². The molecule has 1 amide bonds. The molecule has 2 aliphatic rings. The van der Waals surface area contributed by atoms with Gasteiger partial charge in [-0.3, -0.25) is 14.5 Å². The average molecular weight is 419 g/mol. The fourth-order valence-electron chi connectivity index (χ4n) is 4.99. The number of benzene rings is 2. The third kappa shape index (κ3) is 4.10. The zero-order valence-corrected chi connectivity index (χ0v) is 18.0. The van der Waals surface area contributed by atoms with Crippen molar-refractivity contribution in [3.8, 4) is 0 Å². The molecule has 3 aromatic rings. The van der Waals surface area contributed by atoms with Gasteiger partial charge in [-0.05, 0) is 50.2 Å². The molecule has 0 aliphatic carbocycles. The van der Waals surface area contributed by atoms with E-state index in [9.17, 15) is 9.59 Å². The van der Waals surface area contributed by atoms with Gasteiger partial charge < -0.3 is 14.4 Å². The van der Waals surface area contributed by atoms with E-state index in [1.54, 1.807) is 0 Å². The Kier molecular flexibility index (Phi) is 5.74. The Labute approximate surface area is 182 Å². The molecule has 2 aromatic carbocycles. The summed E-state index contributed by atoms with van der Waals surface area (Å²) >= 11 is 0. The van der Waals surface area contributed by atoms with Crippen LogP contribution < -0.4 is 5.43 Å². The van der Waals surface area contributed by atoms with Gasteiger partial charge in [-0.1, -0.05) is 24.3 Å². The summed E-state index contributed by atoms with van der Waals surface area (Å²) in [6.45, 7) is 8.38. The summed E-state index contributed by atoms with van der Waals surface area (Å²) in [5, 5.41) is 1.33. The van der Waals surface area contributed by atoms with Crippen LogP contribution in [0, 0.1) is 0 Å². The minimum Gasteiger partial charge on any atom is -0.339 e. The quantitative estimate of drug-likeness (QED) is 0.597. The third-order valence-electron chi connectivity index (χ3n) is 6.83. The van der Waals surface area contributed by atoms with E-state index in [4.69, 9.17) is 0 Å². The van der Waals surface area contributed by atoms with Gasteiger partial charge in [-0.2, -0.15) is 0 Å². The van der Waals surface area contributed by atoms with Gasteiger partial charge in [0, 0.05) is 50.0 Å². The number of amides is 1. The number of likely N-dealkylation sites (tertiary alicyclic amines) is 1. The smallest absolute Gasteiger partial charge is 0.242 e. The Morgan fingerprint density at radius 1 is 0.710 bits per heavy atom. The van der Waals surface area contributed by atoms with E-state index < -0.39 is 0 Å². The fraction of sp³-hybridized carbons (Fsp3) is 0.440. The summed E-state index contributed by atoms with van der Waals surface area (Å²) in [5.41, 5.74) is 1.68. The molecular weight excluding hydrogens is 388 g/mol. The van der Waals surface area contributed by atoms with Crippen molar-refractivity contribution >= 4 is 27.7 Å². The monoisotopic (exact) mass is 418 g/mol. The van der Waals surface area contributed by atoms with Crippen LogP contribution in [0.5, 0.6) is 0 Å². The molecular formula is C25H30N4O2. The van der Waals surface area contributed by atoms with Crippen molar-refractivity contribution in [2.24, 2.45) is 0 Å². The molecule has 0 unspecified atom stereocenters. The molecule has 162 valence electrons. The van der Waals surface area contributed by atoms with E-state index in [-0.39, 0.29) is 17.9 Å². The first-order valence-electron chi connectivity index (χ1n) is 11.4. The second-order valence-corrected chi connectivity index (χ2v) is 8.72. The van der Waals surface area contributed by atoms with Gasteiger partial charge in [-0.25, -0.2) is 0 Å². The van der Waals surface area contributed by atoms with Gasteiger partial charge >= 0.3 is 0 Å². The Bertz CT molecular complexity index is 1080. The molecule has 3 heterocycles. The van der Waals surface area contributed by atoms with E-state index in [1.165, 1.54) is 25.9 Å². The number of pyridine rings is 1. The van der Waals surface area contributed by atoms with Crippen LogP contribution in [0.15, 0.2) is 53.3 Å². The van der Waals surface area contributed by atoms with E-state index >= 15 is 0 Å². The Morgan fingerprint density at radius 2 is 1.23 bits per heavy atom. The summed E-state index contributed by atoms with van der Waals surface area (Å²) in [7, 11) is 0. The Balaban J connectivity index is 1.30. The number of carbonyl (C=O) groups excluding carboxylic acids is 1.